The van der Waals surface area contributed by atoms with Crippen LogP contribution in [0.4, 0.5) is 0 Å². The van der Waals surface area contributed by atoms with Crippen molar-refractivity contribution in [3.8, 4) is 0 Å². The Hall–Kier alpha value is -1.35. The summed E-state index contributed by atoms with van der Waals surface area (Å²) in [4.78, 5) is 11.7. The molecule has 0 aliphatic heterocycles. The van der Waals surface area contributed by atoms with Crippen molar-refractivity contribution in [2.24, 2.45) is 0 Å². The molecule has 3 nitrogen and oxygen atoms in total. The summed E-state index contributed by atoms with van der Waals surface area (Å²) >= 11 is 0. The van der Waals surface area contributed by atoms with Crippen molar-refractivity contribution in [3.05, 3.63) is 34.9 Å². The monoisotopic (exact) mass is 263 g/mol. The van der Waals surface area contributed by atoms with Gasteiger partial charge in [0, 0.05) is 12.0 Å². The van der Waals surface area contributed by atoms with E-state index in [9.17, 15) is 9.90 Å². The Bertz CT molecular complexity index is 447. The Labute approximate surface area is 116 Å². The van der Waals surface area contributed by atoms with Gasteiger partial charge in [0.15, 0.2) is 0 Å². The fourth-order valence-corrected chi connectivity index (χ4v) is 2.02. The summed E-state index contributed by atoms with van der Waals surface area (Å²) in [7, 11) is 0. The molecule has 0 spiro atoms. The molecule has 0 bridgehead atoms. The number of aliphatic hydroxyl groups excluding tert-OH is 1. The standard InChI is InChI=1S/C16H25NO2/c1-11-6-7-12(2)13(10-11)14(18)8-9-15(19)17-16(3,4)5/h6-7,10,14,18H,8-9H2,1-5H3,(H,17,19). The molecule has 1 aromatic rings. The smallest absolute Gasteiger partial charge is 0.220 e. The first kappa shape index (κ1) is 15.7. The second kappa shape index (κ2) is 6.20. The molecule has 3 heteroatoms. The van der Waals surface area contributed by atoms with E-state index >= 15 is 0 Å². The predicted octanol–water partition coefficient (Wildman–Crippen LogP) is 3.03. The normalized spacial score (nSPS) is 13.2. The van der Waals surface area contributed by atoms with Crippen LogP contribution in [0.1, 0.15) is 56.4 Å². The van der Waals surface area contributed by atoms with Crippen LogP contribution >= 0.6 is 0 Å². The van der Waals surface area contributed by atoms with Crippen LogP contribution in [-0.4, -0.2) is 16.6 Å². The molecule has 1 unspecified atom stereocenters. The summed E-state index contributed by atoms with van der Waals surface area (Å²) in [5.41, 5.74) is 2.89. The summed E-state index contributed by atoms with van der Waals surface area (Å²) in [6, 6.07) is 6.02. The highest BCUT2D eigenvalue weighted by Crippen LogP contribution is 2.23. The van der Waals surface area contributed by atoms with E-state index in [1.54, 1.807) is 0 Å². The van der Waals surface area contributed by atoms with Gasteiger partial charge in [-0.3, -0.25) is 4.79 Å². The molecule has 0 aliphatic carbocycles. The number of aryl methyl sites for hydroxylation is 2. The van der Waals surface area contributed by atoms with E-state index in [4.69, 9.17) is 0 Å². The number of hydrogen-bond acceptors (Lipinski definition) is 2. The van der Waals surface area contributed by atoms with Crippen LogP contribution in [0.3, 0.4) is 0 Å². The van der Waals surface area contributed by atoms with Crippen LogP contribution in [0, 0.1) is 13.8 Å². The maximum atomic E-state index is 11.7. The number of rotatable bonds is 4. The van der Waals surface area contributed by atoms with Crippen molar-refractivity contribution in [1.82, 2.24) is 5.32 Å². The third kappa shape index (κ3) is 5.43. The molecule has 1 aromatic carbocycles. The molecule has 0 aliphatic rings. The van der Waals surface area contributed by atoms with Crippen molar-refractivity contribution in [3.63, 3.8) is 0 Å². The molecule has 1 amide bonds. The van der Waals surface area contributed by atoms with Crippen molar-refractivity contribution in [2.45, 2.75) is 59.1 Å². The van der Waals surface area contributed by atoms with Crippen molar-refractivity contribution in [2.75, 3.05) is 0 Å². The fourth-order valence-electron chi connectivity index (χ4n) is 2.02. The lowest BCUT2D eigenvalue weighted by molar-refractivity contribution is -0.123. The molecule has 19 heavy (non-hydrogen) atoms. The lowest BCUT2D eigenvalue weighted by atomic mass is 9.97. The van der Waals surface area contributed by atoms with Gasteiger partial charge in [-0.1, -0.05) is 23.8 Å². The van der Waals surface area contributed by atoms with Gasteiger partial charge in [-0.05, 0) is 52.2 Å². The minimum Gasteiger partial charge on any atom is -0.388 e. The van der Waals surface area contributed by atoms with E-state index in [1.807, 2.05) is 52.8 Å². The van der Waals surface area contributed by atoms with E-state index in [-0.39, 0.29) is 11.4 Å². The molecule has 0 saturated heterocycles. The Morgan fingerprint density at radius 1 is 1.32 bits per heavy atom. The number of aliphatic hydroxyl groups is 1. The van der Waals surface area contributed by atoms with Crippen LogP contribution in [0.15, 0.2) is 18.2 Å². The van der Waals surface area contributed by atoms with Gasteiger partial charge in [0.2, 0.25) is 5.91 Å². The molecule has 0 aromatic heterocycles. The fraction of sp³-hybridized carbons (Fsp3) is 0.562. The first-order valence-corrected chi connectivity index (χ1v) is 6.75. The molecular formula is C16H25NO2. The van der Waals surface area contributed by atoms with Gasteiger partial charge in [0.1, 0.15) is 0 Å². The second-order valence-electron chi connectivity index (χ2n) is 6.21. The van der Waals surface area contributed by atoms with Crippen molar-refractivity contribution >= 4 is 5.91 Å². The third-order valence-corrected chi connectivity index (χ3v) is 2.95. The van der Waals surface area contributed by atoms with Gasteiger partial charge < -0.3 is 10.4 Å². The van der Waals surface area contributed by atoms with E-state index in [0.717, 1.165) is 16.7 Å². The number of nitrogens with one attached hydrogen (secondary N) is 1. The van der Waals surface area contributed by atoms with E-state index in [0.29, 0.717) is 12.8 Å². The maximum absolute atomic E-state index is 11.7. The number of hydrogen-bond donors (Lipinski definition) is 2. The van der Waals surface area contributed by atoms with Gasteiger partial charge in [-0.2, -0.15) is 0 Å². The summed E-state index contributed by atoms with van der Waals surface area (Å²) in [6.45, 7) is 9.83. The Balaban J connectivity index is 2.58. The Kier molecular flexibility index (Phi) is 5.12. The molecule has 1 atom stereocenters. The summed E-state index contributed by atoms with van der Waals surface area (Å²) < 4.78 is 0. The molecule has 2 N–H and O–H groups in total. The lowest BCUT2D eigenvalue weighted by Crippen LogP contribution is -2.40. The minimum absolute atomic E-state index is 0.0168. The lowest BCUT2D eigenvalue weighted by Gasteiger charge is -2.21. The molecule has 0 heterocycles. The maximum Gasteiger partial charge on any atom is 0.220 e. The van der Waals surface area contributed by atoms with Crippen LogP contribution in [0.5, 0.6) is 0 Å². The van der Waals surface area contributed by atoms with Gasteiger partial charge >= 0.3 is 0 Å². The zero-order valence-corrected chi connectivity index (χ0v) is 12.6. The minimum atomic E-state index is -0.578. The molecule has 0 saturated carbocycles. The average Bonchev–Trinajstić information content (AvgIpc) is 2.27. The van der Waals surface area contributed by atoms with Crippen LogP contribution in [0.2, 0.25) is 0 Å². The van der Waals surface area contributed by atoms with Gasteiger partial charge in [-0.25, -0.2) is 0 Å². The van der Waals surface area contributed by atoms with E-state index in [2.05, 4.69) is 5.32 Å². The Morgan fingerprint density at radius 2 is 1.95 bits per heavy atom. The Morgan fingerprint density at radius 3 is 2.53 bits per heavy atom. The van der Waals surface area contributed by atoms with Crippen molar-refractivity contribution in [1.29, 1.82) is 0 Å². The highest BCUT2D eigenvalue weighted by molar-refractivity contribution is 5.76. The van der Waals surface area contributed by atoms with E-state index in [1.165, 1.54) is 0 Å². The predicted molar refractivity (Wildman–Crippen MR) is 78.0 cm³/mol. The average molecular weight is 263 g/mol. The zero-order chi connectivity index (χ0) is 14.6. The quantitative estimate of drug-likeness (QED) is 0.877. The topological polar surface area (TPSA) is 49.3 Å². The van der Waals surface area contributed by atoms with Gasteiger partial charge in [0.05, 0.1) is 6.10 Å². The number of carbonyl (C=O) groups is 1. The highest BCUT2D eigenvalue weighted by atomic mass is 16.3. The SMILES string of the molecule is Cc1ccc(C)c(C(O)CCC(=O)NC(C)(C)C)c1. The molecular weight excluding hydrogens is 238 g/mol. The highest BCUT2D eigenvalue weighted by Gasteiger charge is 2.16. The number of carbonyl (C=O) groups excluding carboxylic acids is 1. The van der Waals surface area contributed by atoms with Gasteiger partial charge in [-0.15, -0.1) is 0 Å². The first-order valence-electron chi connectivity index (χ1n) is 6.75. The largest absolute Gasteiger partial charge is 0.388 e. The summed E-state index contributed by atoms with van der Waals surface area (Å²) in [5.74, 6) is -0.0168. The number of benzene rings is 1. The molecule has 106 valence electrons. The summed E-state index contributed by atoms with van der Waals surface area (Å²) in [6.07, 6.45) is 0.212. The van der Waals surface area contributed by atoms with Crippen LogP contribution < -0.4 is 5.32 Å². The van der Waals surface area contributed by atoms with Crippen LogP contribution in [0.25, 0.3) is 0 Å². The molecule has 0 fully saturated rings. The molecule has 1 rings (SSSR count). The third-order valence-electron chi connectivity index (χ3n) is 2.95. The summed E-state index contributed by atoms with van der Waals surface area (Å²) in [5, 5.41) is 13.1. The first-order chi connectivity index (χ1) is 8.69. The molecule has 0 radical (unpaired) electrons. The zero-order valence-electron chi connectivity index (χ0n) is 12.6. The van der Waals surface area contributed by atoms with E-state index < -0.39 is 6.10 Å². The second-order valence-corrected chi connectivity index (χ2v) is 6.21. The van der Waals surface area contributed by atoms with Crippen LogP contribution in [-0.2, 0) is 4.79 Å². The van der Waals surface area contributed by atoms with Crippen molar-refractivity contribution < 1.29 is 9.90 Å². The number of amides is 1. The van der Waals surface area contributed by atoms with Gasteiger partial charge in [0.25, 0.3) is 0 Å².